The topological polar surface area (TPSA) is 84.5 Å². The molecule has 2 N–H and O–H groups in total. The van der Waals surface area contributed by atoms with Crippen molar-refractivity contribution in [1.82, 2.24) is 10.6 Å². The van der Waals surface area contributed by atoms with Gasteiger partial charge < -0.3 is 20.2 Å². The first-order chi connectivity index (χ1) is 19.1. The minimum Gasteiger partial charge on any atom is -0.446 e. The zero-order valence-corrected chi connectivity index (χ0v) is 25.9. The normalized spacial score (nSPS) is 35.5. The van der Waals surface area contributed by atoms with E-state index in [9.17, 15) is 14.4 Å². The molecule has 0 aromatic heterocycles. The minimum atomic E-state index is -0.405. The Kier molecular flexibility index (Phi) is 10.4. The molecule has 40 heavy (non-hydrogen) atoms. The molecule has 2 amide bonds. The third-order valence-corrected chi connectivity index (χ3v) is 11.7. The smallest absolute Gasteiger partial charge is 0.407 e. The van der Waals surface area contributed by atoms with Gasteiger partial charge in [0.05, 0.1) is 0 Å². The van der Waals surface area contributed by atoms with Crippen LogP contribution in [0, 0.1) is 46.3 Å². The van der Waals surface area contributed by atoms with E-state index in [-0.39, 0.29) is 30.3 Å². The second-order valence-electron chi connectivity index (χ2n) is 14.5. The first-order valence-corrected chi connectivity index (χ1v) is 16.4. The van der Waals surface area contributed by atoms with Gasteiger partial charge in [-0.05, 0) is 91.3 Å². The summed E-state index contributed by atoms with van der Waals surface area (Å²) < 4.78 is 5.82. The van der Waals surface area contributed by atoms with Crippen LogP contribution in [0.25, 0.3) is 0 Å². The number of hydrogen-bond donors (Lipinski definition) is 2. The van der Waals surface area contributed by atoms with Gasteiger partial charge in [0.1, 0.15) is 12.4 Å². The molecule has 0 aliphatic heterocycles. The molecule has 0 radical (unpaired) electrons. The number of ether oxygens (including phenoxy) is 1. The van der Waals surface area contributed by atoms with E-state index in [1.807, 2.05) is 0 Å². The molecule has 3 saturated carbocycles. The molecule has 0 aromatic carbocycles. The zero-order valence-electron chi connectivity index (χ0n) is 25.9. The van der Waals surface area contributed by atoms with Crippen LogP contribution in [0.4, 0.5) is 4.79 Å². The van der Waals surface area contributed by atoms with Crippen LogP contribution in [0.2, 0.25) is 0 Å². The number of carbonyl (C=O) groups is 3. The highest BCUT2D eigenvalue weighted by Gasteiger charge is 2.59. The number of fused-ring (bicyclic) bond motifs is 5. The van der Waals surface area contributed by atoms with Crippen molar-refractivity contribution in [2.24, 2.45) is 46.3 Å². The average Bonchev–Trinajstić information content (AvgIpc) is 3.27. The van der Waals surface area contributed by atoms with Gasteiger partial charge in [0.25, 0.3) is 0 Å². The van der Waals surface area contributed by atoms with Crippen LogP contribution >= 0.6 is 0 Å². The van der Waals surface area contributed by atoms with Gasteiger partial charge in [-0.15, -0.1) is 0 Å². The van der Waals surface area contributed by atoms with E-state index in [1.54, 1.807) is 0 Å². The quantitative estimate of drug-likeness (QED) is 0.151. The lowest BCUT2D eigenvalue weighted by molar-refractivity contribution is -0.122. The van der Waals surface area contributed by atoms with Gasteiger partial charge in [0.15, 0.2) is 0 Å². The Bertz CT molecular complexity index is 931. The summed E-state index contributed by atoms with van der Waals surface area (Å²) in [6.07, 6.45) is 17.0. The number of rotatable bonds is 12. The first kappa shape index (κ1) is 31.1. The predicted octanol–water partition coefficient (Wildman–Crippen LogP) is 7.22. The van der Waals surface area contributed by atoms with Crippen molar-refractivity contribution in [2.75, 3.05) is 13.1 Å². The lowest BCUT2D eigenvalue weighted by Gasteiger charge is -2.58. The fourth-order valence-corrected chi connectivity index (χ4v) is 9.59. The SMILES string of the molecule is CC(C)CCC[C@@H](C)[C@H]1CCC2C3CC=C4C[C@@H](OC(=O)NCCNC(=O)CCC=O)CC[C@]4(C)C3CC[C@@]21C. The van der Waals surface area contributed by atoms with E-state index in [2.05, 4.69) is 51.3 Å². The fraction of sp³-hybridized carbons (Fsp3) is 0.853. The standard InChI is InChI=1S/C34H56N2O4/c1-23(2)8-6-9-24(3)28-13-14-29-27-12-11-25-22-26(15-17-33(25,4)30(27)16-18-34(28,29)5)40-32(39)36-20-19-35-31(38)10-7-21-37/h11,21,23-24,26-30H,6-10,12-20,22H2,1-5H3,(H,35,38)(H,36,39)/t24-,26+,27?,28-,29?,30?,33+,34-/m1/s1. The third kappa shape index (κ3) is 6.78. The van der Waals surface area contributed by atoms with E-state index in [0.29, 0.717) is 18.5 Å². The molecule has 8 atom stereocenters. The molecule has 0 bridgehead atoms. The van der Waals surface area contributed by atoms with Crippen molar-refractivity contribution >= 4 is 18.3 Å². The van der Waals surface area contributed by atoms with Gasteiger partial charge in [-0.3, -0.25) is 4.79 Å². The molecule has 4 aliphatic rings. The van der Waals surface area contributed by atoms with E-state index in [1.165, 1.54) is 56.9 Å². The number of alkyl carbamates (subject to hydrolysis) is 1. The molecular formula is C34H56N2O4. The van der Waals surface area contributed by atoms with Gasteiger partial charge in [-0.2, -0.15) is 0 Å². The molecular weight excluding hydrogens is 500 g/mol. The van der Waals surface area contributed by atoms with Gasteiger partial charge in [0, 0.05) is 32.4 Å². The number of nitrogens with one attached hydrogen (secondary N) is 2. The van der Waals surface area contributed by atoms with Crippen LogP contribution in [0.3, 0.4) is 0 Å². The molecule has 6 nitrogen and oxygen atoms in total. The first-order valence-electron chi connectivity index (χ1n) is 16.4. The Morgan fingerprint density at radius 3 is 2.55 bits per heavy atom. The highest BCUT2D eigenvalue weighted by atomic mass is 16.6. The minimum absolute atomic E-state index is 0.0746. The second kappa shape index (κ2) is 13.4. The maximum atomic E-state index is 12.4. The Morgan fingerprint density at radius 1 is 1.02 bits per heavy atom. The van der Waals surface area contributed by atoms with Crippen molar-refractivity contribution in [3.8, 4) is 0 Å². The summed E-state index contributed by atoms with van der Waals surface area (Å²) in [7, 11) is 0. The van der Waals surface area contributed by atoms with Gasteiger partial charge in [-0.1, -0.05) is 65.5 Å². The molecule has 226 valence electrons. The molecule has 4 rings (SSSR count). The number of amides is 2. The third-order valence-electron chi connectivity index (χ3n) is 11.7. The van der Waals surface area contributed by atoms with Crippen molar-refractivity contribution in [3.63, 3.8) is 0 Å². The molecule has 0 heterocycles. The molecule has 3 unspecified atom stereocenters. The second-order valence-corrected chi connectivity index (χ2v) is 14.5. The molecule has 4 aliphatic carbocycles. The molecule has 0 spiro atoms. The summed E-state index contributed by atoms with van der Waals surface area (Å²) >= 11 is 0. The summed E-state index contributed by atoms with van der Waals surface area (Å²) in [5.74, 6) is 4.79. The van der Waals surface area contributed by atoms with Crippen LogP contribution in [0.15, 0.2) is 11.6 Å². The Morgan fingerprint density at radius 2 is 1.80 bits per heavy atom. The van der Waals surface area contributed by atoms with Crippen LogP contribution < -0.4 is 10.6 Å². The zero-order chi connectivity index (χ0) is 28.9. The Balaban J connectivity index is 1.29. The number of allylic oxidation sites excluding steroid dienone is 1. The van der Waals surface area contributed by atoms with Gasteiger partial charge in [0.2, 0.25) is 5.91 Å². The maximum Gasteiger partial charge on any atom is 0.407 e. The fourth-order valence-electron chi connectivity index (χ4n) is 9.59. The van der Waals surface area contributed by atoms with Crippen molar-refractivity contribution in [1.29, 1.82) is 0 Å². The largest absolute Gasteiger partial charge is 0.446 e. The van der Waals surface area contributed by atoms with E-state index in [4.69, 9.17) is 4.74 Å². The van der Waals surface area contributed by atoms with E-state index < -0.39 is 6.09 Å². The van der Waals surface area contributed by atoms with Crippen molar-refractivity contribution in [2.45, 2.75) is 124 Å². The van der Waals surface area contributed by atoms with Crippen molar-refractivity contribution in [3.05, 3.63) is 11.6 Å². The predicted molar refractivity (Wildman–Crippen MR) is 160 cm³/mol. The monoisotopic (exact) mass is 556 g/mol. The van der Waals surface area contributed by atoms with E-state index in [0.717, 1.165) is 61.1 Å². The lowest BCUT2D eigenvalue weighted by atomic mass is 9.47. The highest BCUT2D eigenvalue weighted by Crippen LogP contribution is 2.67. The molecule has 3 fully saturated rings. The molecule has 0 aromatic rings. The summed E-state index contributed by atoms with van der Waals surface area (Å²) in [6.45, 7) is 13.1. The van der Waals surface area contributed by atoms with Crippen LogP contribution in [-0.2, 0) is 14.3 Å². The Hall–Kier alpha value is -1.85. The highest BCUT2D eigenvalue weighted by molar-refractivity contribution is 5.78. The van der Waals surface area contributed by atoms with Gasteiger partial charge in [-0.25, -0.2) is 4.79 Å². The number of carbonyl (C=O) groups excluding carboxylic acids is 3. The maximum absolute atomic E-state index is 12.4. The van der Waals surface area contributed by atoms with Crippen LogP contribution in [0.5, 0.6) is 0 Å². The van der Waals surface area contributed by atoms with E-state index >= 15 is 0 Å². The Labute approximate surface area is 243 Å². The molecule has 0 saturated heterocycles. The number of hydrogen-bond acceptors (Lipinski definition) is 4. The summed E-state index contributed by atoms with van der Waals surface area (Å²) in [5, 5.41) is 5.47. The molecule has 6 heteroatoms. The van der Waals surface area contributed by atoms with Crippen molar-refractivity contribution < 1.29 is 19.1 Å². The van der Waals surface area contributed by atoms with Gasteiger partial charge >= 0.3 is 6.09 Å². The summed E-state index contributed by atoms with van der Waals surface area (Å²) in [6, 6.07) is 0. The number of aldehydes is 1. The van der Waals surface area contributed by atoms with Crippen LogP contribution in [-0.4, -0.2) is 37.5 Å². The summed E-state index contributed by atoms with van der Waals surface area (Å²) in [5.41, 5.74) is 2.28. The lowest BCUT2D eigenvalue weighted by Crippen LogP contribution is -2.51. The van der Waals surface area contributed by atoms with Crippen LogP contribution in [0.1, 0.15) is 118 Å². The summed E-state index contributed by atoms with van der Waals surface area (Å²) in [4.78, 5) is 34.4. The average molecular weight is 557 g/mol.